The smallest absolute Gasteiger partial charge is 0.237 e. The van der Waals surface area contributed by atoms with Crippen LogP contribution in [0.2, 0.25) is 0 Å². The van der Waals surface area contributed by atoms with Crippen LogP contribution in [0.5, 0.6) is 0 Å². The number of hydrogen-bond acceptors (Lipinski definition) is 3. The molecule has 1 amide bonds. The van der Waals surface area contributed by atoms with Crippen LogP contribution < -0.4 is 11.5 Å². The van der Waals surface area contributed by atoms with E-state index < -0.39 is 5.54 Å². The number of likely N-dealkylation sites (tertiary alicyclic amines) is 1. The predicted molar refractivity (Wildman–Crippen MR) is 88.4 cm³/mol. The average molecular weight is 301 g/mol. The quantitative estimate of drug-likeness (QED) is 0.897. The summed E-state index contributed by atoms with van der Waals surface area (Å²) in [5.41, 5.74) is 12.3. The highest BCUT2D eigenvalue weighted by molar-refractivity contribution is 5.84. The van der Waals surface area contributed by atoms with E-state index in [-0.39, 0.29) is 5.91 Å². The Morgan fingerprint density at radius 2 is 1.73 bits per heavy atom. The summed E-state index contributed by atoms with van der Waals surface area (Å²) in [6, 6.07) is 11.4. The van der Waals surface area contributed by atoms with Crippen LogP contribution in [0.1, 0.15) is 50.0 Å². The van der Waals surface area contributed by atoms with Gasteiger partial charge in [-0.1, -0.05) is 43.2 Å². The number of benzene rings is 1. The van der Waals surface area contributed by atoms with Crippen molar-refractivity contribution in [3.63, 3.8) is 0 Å². The number of rotatable bonds is 3. The molecule has 0 unspecified atom stereocenters. The summed E-state index contributed by atoms with van der Waals surface area (Å²) < 4.78 is 0. The maximum Gasteiger partial charge on any atom is 0.237 e. The van der Waals surface area contributed by atoms with Crippen molar-refractivity contribution in [3.05, 3.63) is 35.9 Å². The molecule has 0 radical (unpaired) electrons. The minimum atomic E-state index is -0.798. The second kappa shape index (κ2) is 6.39. The lowest BCUT2D eigenvalue weighted by Crippen LogP contribution is -2.60. The van der Waals surface area contributed by atoms with Crippen molar-refractivity contribution in [3.8, 4) is 0 Å². The minimum Gasteiger partial charge on any atom is -0.368 e. The van der Waals surface area contributed by atoms with Gasteiger partial charge in [-0.2, -0.15) is 0 Å². The number of nitrogens with two attached hydrogens (primary N) is 2. The monoisotopic (exact) mass is 301 g/mol. The van der Waals surface area contributed by atoms with Crippen LogP contribution >= 0.6 is 0 Å². The van der Waals surface area contributed by atoms with Gasteiger partial charge >= 0.3 is 0 Å². The molecule has 1 aromatic rings. The fourth-order valence-corrected chi connectivity index (χ4v) is 4.14. The third kappa shape index (κ3) is 3.03. The van der Waals surface area contributed by atoms with Crippen molar-refractivity contribution in [2.45, 2.75) is 56.0 Å². The molecule has 22 heavy (non-hydrogen) atoms. The lowest BCUT2D eigenvalue weighted by Gasteiger charge is -2.45. The van der Waals surface area contributed by atoms with E-state index >= 15 is 0 Å². The van der Waals surface area contributed by atoms with Crippen molar-refractivity contribution < 1.29 is 4.79 Å². The number of carbonyl (C=O) groups is 1. The molecule has 0 spiro atoms. The molecule has 3 rings (SSSR count). The van der Waals surface area contributed by atoms with Crippen LogP contribution in [0.25, 0.3) is 0 Å². The number of primary amides is 1. The second-order valence-corrected chi connectivity index (χ2v) is 6.93. The largest absolute Gasteiger partial charge is 0.368 e. The Morgan fingerprint density at radius 1 is 1.09 bits per heavy atom. The average Bonchev–Trinajstić information content (AvgIpc) is 2.56. The van der Waals surface area contributed by atoms with Crippen molar-refractivity contribution >= 4 is 5.91 Å². The Kier molecular flexibility index (Phi) is 4.50. The summed E-state index contributed by atoms with van der Waals surface area (Å²) >= 11 is 0. The number of piperidine rings is 1. The van der Waals surface area contributed by atoms with Crippen molar-refractivity contribution in [1.29, 1.82) is 0 Å². The van der Waals surface area contributed by atoms with Gasteiger partial charge in [-0.3, -0.25) is 9.69 Å². The summed E-state index contributed by atoms with van der Waals surface area (Å²) in [5, 5.41) is 0. The molecule has 1 aromatic carbocycles. The summed E-state index contributed by atoms with van der Waals surface area (Å²) in [6.45, 7) is 1.76. The molecular formula is C18H27N3O. The van der Waals surface area contributed by atoms with Gasteiger partial charge in [0.05, 0.1) is 5.54 Å². The van der Waals surface area contributed by atoms with Crippen molar-refractivity contribution in [2.75, 3.05) is 13.1 Å². The summed E-state index contributed by atoms with van der Waals surface area (Å²) in [5.74, 6) is 0.254. The van der Waals surface area contributed by atoms with Gasteiger partial charge in [0.15, 0.2) is 0 Å². The van der Waals surface area contributed by atoms with E-state index in [0.717, 1.165) is 13.1 Å². The number of nitrogens with zero attached hydrogens (tertiary/aromatic N) is 1. The highest BCUT2D eigenvalue weighted by Crippen LogP contribution is 2.37. The summed E-state index contributed by atoms with van der Waals surface area (Å²) in [6.07, 6.45) is 6.48. The Morgan fingerprint density at radius 3 is 2.36 bits per heavy atom. The van der Waals surface area contributed by atoms with Gasteiger partial charge in [0.1, 0.15) is 0 Å². The van der Waals surface area contributed by atoms with E-state index in [1.54, 1.807) is 0 Å². The van der Waals surface area contributed by atoms with Gasteiger partial charge in [0.2, 0.25) is 5.91 Å². The Labute approximate surface area is 132 Å². The first-order valence-corrected chi connectivity index (χ1v) is 8.48. The van der Waals surface area contributed by atoms with E-state index in [1.807, 2.05) is 0 Å². The van der Waals surface area contributed by atoms with E-state index in [2.05, 4.69) is 35.2 Å². The number of amides is 1. The topological polar surface area (TPSA) is 72.3 Å². The Balaban J connectivity index is 1.71. The van der Waals surface area contributed by atoms with E-state index in [4.69, 9.17) is 11.5 Å². The normalized spacial score (nSPS) is 29.1. The molecule has 120 valence electrons. The molecule has 4 heteroatoms. The fraction of sp³-hybridized carbons (Fsp3) is 0.611. The molecule has 4 N–H and O–H groups in total. The lowest BCUT2D eigenvalue weighted by atomic mass is 9.77. The van der Waals surface area contributed by atoms with E-state index in [0.29, 0.717) is 24.8 Å². The van der Waals surface area contributed by atoms with Crippen LogP contribution in [-0.4, -0.2) is 35.5 Å². The standard InChI is InChI=1S/C18H27N3O/c19-17(22)18(20)10-12-21(13-11-18)16-9-5-4-8-15(16)14-6-2-1-3-7-14/h1-3,6-7,15-16H,4-5,8-13,20H2,(H2,19,22)/t15-,16-/m0/s1. The zero-order valence-corrected chi connectivity index (χ0v) is 13.2. The van der Waals surface area contributed by atoms with Gasteiger partial charge in [-0.05, 0) is 37.2 Å². The van der Waals surface area contributed by atoms with Crippen LogP contribution in [0.3, 0.4) is 0 Å². The minimum absolute atomic E-state index is 0.351. The summed E-state index contributed by atoms with van der Waals surface area (Å²) in [7, 11) is 0. The first-order valence-electron chi connectivity index (χ1n) is 8.48. The van der Waals surface area contributed by atoms with Gasteiger partial charge in [-0.15, -0.1) is 0 Å². The van der Waals surface area contributed by atoms with Crippen LogP contribution in [0.4, 0.5) is 0 Å². The molecule has 1 saturated heterocycles. The summed E-state index contributed by atoms with van der Waals surface area (Å²) in [4.78, 5) is 14.1. The van der Waals surface area contributed by atoms with Crippen molar-refractivity contribution in [2.24, 2.45) is 11.5 Å². The van der Waals surface area contributed by atoms with Crippen molar-refractivity contribution in [1.82, 2.24) is 4.90 Å². The molecule has 0 bridgehead atoms. The molecule has 2 fully saturated rings. The molecule has 1 heterocycles. The predicted octanol–water partition coefficient (Wildman–Crippen LogP) is 1.99. The maximum absolute atomic E-state index is 11.5. The van der Waals surface area contributed by atoms with Crippen LogP contribution in [-0.2, 0) is 4.79 Å². The molecule has 1 aliphatic heterocycles. The Hall–Kier alpha value is -1.39. The molecule has 2 atom stereocenters. The van der Waals surface area contributed by atoms with Crippen LogP contribution in [0, 0.1) is 0 Å². The van der Waals surface area contributed by atoms with Crippen LogP contribution in [0.15, 0.2) is 30.3 Å². The number of carbonyl (C=O) groups excluding carboxylic acids is 1. The maximum atomic E-state index is 11.5. The Bertz CT molecular complexity index is 508. The highest BCUT2D eigenvalue weighted by Gasteiger charge is 2.40. The highest BCUT2D eigenvalue weighted by atomic mass is 16.1. The zero-order chi connectivity index (χ0) is 15.6. The lowest BCUT2D eigenvalue weighted by molar-refractivity contribution is -0.125. The molecule has 0 aromatic heterocycles. The molecular weight excluding hydrogens is 274 g/mol. The number of hydrogen-bond donors (Lipinski definition) is 2. The zero-order valence-electron chi connectivity index (χ0n) is 13.2. The van der Waals surface area contributed by atoms with E-state index in [1.165, 1.54) is 31.2 Å². The molecule has 2 aliphatic rings. The van der Waals surface area contributed by atoms with Gasteiger partial charge in [-0.25, -0.2) is 0 Å². The molecule has 1 saturated carbocycles. The third-order valence-electron chi connectivity index (χ3n) is 5.61. The SMILES string of the molecule is NC(=O)C1(N)CCN([C@H]2CCCC[C@H]2c2ccccc2)CC1. The van der Waals surface area contributed by atoms with E-state index in [9.17, 15) is 4.79 Å². The third-order valence-corrected chi connectivity index (χ3v) is 5.61. The first-order chi connectivity index (χ1) is 10.6. The second-order valence-electron chi connectivity index (χ2n) is 6.93. The first kappa shape index (κ1) is 15.5. The fourth-order valence-electron chi connectivity index (χ4n) is 4.14. The molecule has 1 aliphatic carbocycles. The van der Waals surface area contributed by atoms with Gasteiger partial charge in [0, 0.05) is 19.1 Å². The van der Waals surface area contributed by atoms with Gasteiger partial charge in [0.25, 0.3) is 0 Å². The molecule has 4 nitrogen and oxygen atoms in total. The van der Waals surface area contributed by atoms with Gasteiger partial charge < -0.3 is 11.5 Å².